The van der Waals surface area contributed by atoms with Crippen LogP contribution in [0, 0.1) is 0 Å². The molecule has 0 aliphatic heterocycles. The SMILES string of the molecule is COc1cc(C2CCc3c(ccc(OC)c3OC)C(=O)C2)cc(OC)c1OC. The molecule has 3 rings (SSSR count). The van der Waals surface area contributed by atoms with Gasteiger partial charge in [0.1, 0.15) is 0 Å². The van der Waals surface area contributed by atoms with Gasteiger partial charge in [0.25, 0.3) is 0 Å². The predicted octanol–water partition coefficient (Wildman–Crippen LogP) is 4.03. The van der Waals surface area contributed by atoms with Gasteiger partial charge in [-0.05, 0) is 48.6 Å². The molecule has 2 aromatic rings. The normalized spacial score (nSPS) is 16.0. The fraction of sp³-hybridized carbons (Fsp3) is 0.409. The molecule has 1 unspecified atom stereocenters. The standard InChI is InChI=1S/C22H26O6/c1-24-18-9-8-15-16(21(18)27-4)7-6-13(10-17(15)23)14-11-19(25-2)22(28-5)20(12-14)26-3/h8-9,11-13H,6-7,10H2,1-5H3. The second kappa shape index (κ2) is 8.42. The number of methoxy groups -OCH3 is 5. The molecule has 0 radical (unpaired) electrons. The maximum absolute atomic E-state index is 13.0. The average molecular weight is 386 g/mol. The summed E-state index contributed by atoms with van der Waals surface area (Å²) in [6, 6.07) is 7.46. The highest BCUT2D eigenvalue weighted by Crippen LogP contribution is 2.44. The fourth-order valence-electron chi connectivity index (χ4n) is 3.88. The van der Waals surface area contributed by atoms with Crippen LogP contribution in [-0.2, 0) is 6.42 Å². The van der Waals surface area contributed by atoms with Crippen LogP contribution in [0.5, 0.6) is 28.7 Å². The Morgan fingerprint density at radius 2 is 1.39 bits per heavy atom. The van der Waals surface area contributed by atoms with Crippen molar-refractivity contribution < 1.29 is 28.5 Å². The van der Waals surface area contributed by atoms with Gasteiger partial charge in [0, 0.05) is 17.5 Å². The van der Waals surface area contributed by atoms with Crippen molar-refractivity contribution in [1.82, 2.24) is 0 Å². The maximum atomic E-state index is 13.0. The lowest BCUT2D eigenvalue weighted by atomic mass is 9.90. The Balaban J connectivity index is 2.00. The Morgan fingerprint density at radius 1 is 0.786 bits per heavy atom. The number of hydrogen-bond donors (Lipinski definition) is 0. The zero-order valence-corrected chi connectivity index (χ0v) is 17.0. The van der Waals surface area contributed by atoms with Crippen LogP contribution in [0.15, 0.2) is 24.3 Å². The highest BCUT2D eigenvalue weighted by molar-refractivity contribution is 5.99. The van der Waals surface area contributed by atoms with E-state index in [0.717, 1.165) is 17.5 Å². The summed E-state index contributed by atoms with van der Waals surface area (Å²) in [5, 5.41) is 0. The van der Waals surface area contributed by atoms with Gasteiger partial charge in [0.2, 0.25) is 5.75 Å². The van der Waals surface area contributed by atoms with Crippen molar-refractivity contribution in [2.24, 2.45) is 0 Å². The first-order valence-electron chi connectivity index (χ1n) is 9.14. The van der Waals surface area contributed by atoms with Gasteiger partial charge >= 0.3 is 0 Å². The predicted molar refractivity (Wildman–Crippen MR) is 106 cm³/mol. The van der Waals surface area contributed by atoms with E-state index in [1.165, 1.54) is 0 Å². The van der Waals surface area contributed by atoms with E-state index in [1.807, 2.05) is 18.2 Å². The Labute approximate surface area is 165 Å². The van der Waals surface area contributed by atoms with Gasteiger partial charge < -0.3 is 23.7 Å². The van der Waals surface area contributed by atoms with Crippen molar-refractivity contribution in [3.63, 3.8) is 0 Å². The zero-order chi connectivity index (χ0) is 20.3. The first-order chi connectivity index (χ1) is 13.6. The van der Waals surface area contributed by atoms with Gasteiger partial charge in [-0.15, -0.1) is 0 Å². The number of fused-ring (bicyclic) bond motifs is 1. The third-order valence-electron chi connectivity index (χ3n) is 5.28. The van der Waals surface area contributed by atoms with Crippen LogP contribution < -0.4 is 23.7 Å². The van der Waals surface area contributed by atoms with Crippen LogP contribution >= 0.6 is 0 Å². The summed E-state index contributed by atoms with van der Waals surface area (Å²) in [4.78, 5) is 13.0. The minimum absolute atomic E-state index is 0.0318. The van der Waals surface area contributed by atoms with Gasteiger partial charge in [-0.3, -0.25) is 4.79 Å². The Hall–Kier alpha value is -2.89. The van der Waals surface area contributed by atoms with Crippen molar-refractivity contribution in [1.29, 1.82) is 0 Å². The maximum Gasteiger partial charge on any atom is 0.203 e. The molecule has 0 heterocycles. The van der Waals surface area contributed by atoms with E-state index in [9.17, 15) is 4.79 Å². The average Bonchev–Trinajstić information content (AvgIpc) is 2.90. The lowest BCUT2D eigenvalue weighted by molar-refractivity contribution is 0.0975. The number of rotatable bonds is 6. The highest BCUT2D eigenvalue weighted by atomic mass is 16.5. The van der Waals surface area contributed by atoms with Crippen LogP contribution in [-0.4, -0.2) is 41.3 Å². The van der Waals surface area contributed by atoms with Crippen LogP contribution in [0.25, 0.3) is 0 Å². The number of carbonyl (C=O) groups is 1. The topological polar surface area (TPSA) is 63.2 Å². The Bertz CT molecular complexity index is 849. The van der Waals surface area contributed by atoms with Crippen molar-refractivity contribution in [3.8, 4) is 28.7 Å². The molecule has 0 spiro atoms. The zero-order valence-electron chi connectivity index (χ0n) is 17.0. The van der Waals surface area contributed by atoms with E-state index >= 15 is 0 Å². The van der Waals surface area contributed by atoms with Crippen LogP contribution in [0.2, 0.25) is 0 Å². The summed E-state index contributed by atoms with van der Waals surface area (Å²) >= 11 is 0. The molecule has 0 saturated heterocycles. The van der Waals surface area contributed by atoms with Crippen molar-refractivity contribution in [2.45, 2.75) is 25.2 Å². The summed E-state index contributed by atoms with van der Waals surface area (Å²) in [6.07, 6.45) is 1.91. The third-order valence-corrected chi connectivity index (χ3v) is 5.28. The second-order valence-corrected chi connectivity index (χ2v) is 6.65. The van der Waals surface area contributed by atoms with E-state index in [2.05, 4.69) is 0 Å². The number of Topliss-reactive ketones (excluding diaryl/α,β-unsaturated/α-hetero) is 1. The summed E-state index contributed by atoms with van der Waals surface area (Å²) in [7, 11) is 7.95. The van der Waals surface area contributed by atoms with Crippen LogP contribution in [0.1, 0.15) is 40.2 Å². The largest absolute Gasteiger partial charge is 0.493 e. The molecule has 150 valence electrons. The summed E-state index contributed by atoms with van der Waals surface area (Å²) < 4.78 is 27.3. The first kappa shape index (κ1) is 19.9. The van der Waals surface area contributed by atoms with E-state index < -0.39 is 0 Å². The molecule has 6 nitrogen and oxygen atoms in total. The Morgan fingerprint density at radius 3 is 1.93 bits per heavy atom. The molecule has 2 aromatic carbocycles. The molecule has 0 fully saturated rings. The molecule has 6 heteroatoms. The number of ether oxygens (including phenoxy) is 5. The summed E-state index contributed by atoms with van der Waals surface area (Å²) in [5.41, 5.74) is 2.59. The second-order valence-electron chi connectivity index (χ2n) is 6.65. The summed E-state index contributed by atoms with van der Waals surface area (Å²) in [6.45, 7) is 0. The smallest absolute Gasteiger partial charge is 0.203 e. The molecule has 1 aliphatic carbocycles. The van der Waals surface area contributed by atoms with Gasteiger partial charge in [-0.25, -0.2) is 0 Å². The molecule has 0 aromatic heterocycles. The number of hydrogen-bond acceptors (Lipinski definition) is 6. The number of benzene rings is 2. The number of ketones is 1. The minimum atomic E-state index is 0.0318. The molecule has 1 atom stereocenters. The molecular weight excluding hydrogens is 360 g/mol. The van der Waals surface area contributed by atoms with Gasteiger partial charge in [0.05, 0.1) is 35.5 Å². The third kappa shape index (κ3) is 3.46. The van der Waals surface area contributed by atoms with Crippen molar-refractivity contribution in [2.75, 3.05) is 35.5 Å². The molecular formula is C22H26O6. The van der Waals surface area contributed by atoms with Gasteiger partial charge in [-0.2, -0.15) is 0 Å². The molecule has 1 aliphatic rings. The first-order valence-corrected chi connectivity index (χ1v) is 9.14. The van der Waals surface area contributed by atoms with E-state index in [-0.39, 0.29) is 11.7 Å². The fourth-order valence-corrected chi connectivity index (χ4v) is 3.88. The number of carbonyl (C=O) groups excluding carboxylic acids is 1. The quantitative estimate of drug-likeness (QED) is 0.699. The van der Waals surface area contributed by atoms with E-state index in [0.29, 0.717) is 47.2 Å². The van der Waals surface area contributed by atoms with Crippen molar-refractivity contribution >= 4 is 5.78 Å². The van der Waals surface area contributed by atoms with Crippen LogP contribution in [0.3, 0.4) is 0 Å². The van der Waals surface area contributed by atoms with E-state index in [4.69, 9.17) is 23.7 Å². The van der Waals surface area contributed by atoms with Gasteiger partial charge in [-0.1, -0.05) is 0 Å². The highest BCUT2D eigenvalue weighted by Gasteiger charge is 2.28. The molecule has 0 amide bonds. The molecule has 0 N–H and O–H groups in total. The Kier molecular flexibility index (Phi) is 5.97. The lowest BCUT2D eigenvalue weighted by Crippen LogP contribution is -2.07. The minimum Gasteiger partial charge on any atom is -0.493 e. The molecule has 28 heavy (non-hydrogen) atoms. The van der Waals surface area contributed by atoms with Crippen LogP contribution in [0.4, 0.5) is 0 Å². The molecule has 0 bridgehead atoms. The lowest BCUT2D eigenvalue weighted by Gasteiger charge is -2.19. The molecule has 0 saturated carbocycles. The monoisotopic (exact) mass is 386 g/mol. The van der Waals surface area contributed by atoms with Gasteiger partial charge in [0.15, 0.2) is 28.8 Å². The van der Waals surface area contributed by atoms with E-state index in [1.54, 1.807) is 41.6 Å². The van der Waals surface area contributed by atoms with Crippen molar-refractivity contribution in [3.05, 3.63) is 41.0 Å². The summed E-state index contributed by atoms with van der Waals surface area (Å²) in [5.74, 6) is 3.12.